The zero-order valence-corrected chi connectivity index (χ0v) is 14.5. The topological polar surface area (TPSA) is 51.2 Å². The number of hydrogen-bond acceptors (Lipinski definition) is 3. The zero-order chi connectivity index (χ0) is 17.6. The highest BCUT2D eigenvalue weighted by Crippen LogP contribution is 2.25. The molecule has 1 unspecified atom stereocenters. The Labute approximate surface area is 147 Å². The van der Waals surface area contributed by atoms with Crippen LogP contribution in [0.5, 0.6) is 0 Å². The summed E-state index contributed by atoms with van der Waals surface area (Å²) in [6.45, 7) is 3.95. The summed E-state index contributed by atoms with van der Waals surface area (Å²) in [5.41, 5.74) is 2.52. The van der Waals surface area contributed by atoms with Crippen molar-refractivity contribution in [3.05, 3.63) is 72.4 Å². The minimum Gasteiger partial charge on any atom is -0.370 e. The molecule has 0 radical (unpaired) electrons. The fraction of sp³-hybridized carbons (Fsp3) is 0.238. The van der Waals surface area contributed by atoms with E-state index in [0.717, 1.165) is 22.2 Å². The number of nitrogens with one attached hydrogen (secondary N) is 1. The summed E-state index contributed by atoms with van der Waals surface area (Å²) in [6, 6.07) is 19.5. The molecule has 0 saturated carbocycles. The van der Waals surface area contributed by atoms with E-state index in [4.69, 9.17) is 4.74 Å². The number of hydrogen-bond donors (Lipinski definition) is 1. The molecular formula is C21H22N2O2. The van der Waals surface area contributed by atoms with Crippen LogP contribution in [-0.4, -0.2) is 17.0 Å². The molecule has 0 saturated heterocycles. The highest BCUT2D eigenvalue weighted by molar-refractivity contribution is 6.00. The lowest BCUT2D eigenvalue weighted by Crippen LogP contribution is -2.19. The average molecular weight is 334 g/mol. The molecule has 3 aromatic rings. The van der Waals surface area contributed by atoms with Gasteiger partial charge in [0.1, 0.15) is 0 Å². The molecule has 1 atom stereocenters. The summed E-state index contributed by atoms with van der Waals surface area (Å²) in [7, 11) is 0. The van der Waals surface area contributed by atoms with Crippen molar-refractivity contribution in [3.63, 3.8) is 0 Å². The summed E-state index contributed by atoms with van der Waals surface area (Å²) in [6.07, 6.45) is 1.75. The Balaban J connectivity index is 1.77. The van der Waals surface area contributed by atoms with E-state index in [1.54, 1.807) is 6.20 Å². The molecule has 1 N–H and O–H groups in total. The summed E-state index contributed by atoms with van der Waals surface area (Å²) < 4.78 is 5.96. The first-order chi connectivity index (χ1) is 12.1. The number of carbonyl (C=O) groups excluding carboxylic acids is 1. The van der Waals surface area contributed by atoms with Crippen molar-refractivity contribution in [1.29, 1.82) is 0 Å². The second-order valence-electron chi connectivity index (χ2n) is 6.22. The maximum atomic E-state index is 12.6. The fourth-order valence-electron chi connectivity index (χ4n) is 2.82. The number of amides is 1. The second-order valence-corrected chi connectivity index (χ2v) is 6.22. The van der Waals surface area contributed by atoms with Gasteiger partial charge >= 0.3 is 0 Å². The number of anilines is 1. The molecule has 1 amide bonds. The number of para-hydroxylation sites is 1. The maximum Gasteiger partial charge on any atom is 0.227 e. The van der Waals surface area contributed by atoms with E-state index in [1.165, 1.54) is 0 Å². The summed E-state index contributed by atoms with van der Waals surface area (Å²) >= 11 is 0. The van der Waals surface area contributed by atoms with Crippen molar-refractivity contribution >= 4 is 22.5 Å². The van der Waals surface area contributed by atoms with Crippen molar-refractivity contribution in [1.82, 2.24) is 4.98 Å². The van der Waals surface area contributed by atoms with Gasteiger partial charge in [-0.2, -0.15) is 0 Å². The predicted octanol–water partition coefficient (Wildman–Crippen LogP) is 4.73. The lowest BCUT2D eigenvalue weighted by atomic mass is 10.1. The number of rotatable bonds is 6. The third-order valence-corrected chi connectivity index (χ3v) is 3.89. The van der Waals surface area contributed by atoms with Gasteiger partial charge in [-0.15, -0.1) is 0 Å². The maximum absolute atomic E-state index is 12.6. The van der Waals surface area contributed by atoms with Crippen LogP contribution < -0.4 is 5.32 Å². The van der Waals surface area contributed by atoms with Crippen molar-refractivity contribution < 1.29 is 9.53 Å². The van der Waals surface area contributed by atoms with Crippen LogP contribution in [0.15, 0.2) is 66.9 Å². The lowest BCUT2D eigenvalue weighted by molar-refractivity contribution is -0.120. The van der Waals surface area contributed by atoms with Gasteiger partial charge in [0.15, 0.2) is 0 Å². The molecule has 0 aliphatic heterocycles. The molecule has 0 fully saturated rings. The third kappa shape index (κ3) is 4.43. The van der Waals surface area contributed by atoms with E-state index in [2.05, 4.69) is 10.3 Å². The van der Waals surface area contributed by atoms with Crippen molar-refractivity contribution in [2.45, 2.75) is 32.5 Å². The van der Waals surface area contributed by atoms with Crippen LogP contribution >= 0.6 is 0 Å². The minimum atomic E-state index is -0.274. The number of benzene rings is 2. The van der Waals surface area contributed by atoms with Crippen LogP contribution in [0.3, 0.4) is 0 Å². The van der Waals surface area contributed by atoms with E-state index in [-0.39, 0.29) is 24.5 Å². The van der Waals surface area contributed by atoms with Gasteiger partial charge < -0.3 is 10.1 Å². The Hall–Kier alpha value is -2.72. The molecule has 128 valence electrons. The highest BCUT2D eigenvalue weighted by atomic mass is 16.5. The van der Waals surface area contributed by atoms with Gasteiger partial charge in [-0.1, -0.05) is 48.5 Å². The van der Waals surface area contributed by atoms with Gasteiger partial charge in [0, 0.05) is 11.6 Å². The second kappa shape index (κ2) is 7.90. The Morgan fingerprint density at radius 1 is 1.04 bits per heavy atom. The Kier molecular flexibility index (Phi) is 5.41. The largest absolute Gasteiger partial charge is 0.370 e. The Morgan fingerprint density at radius 2 is 1.80 bits per heavy atom. The van der Waals surface area contributed by atoms with Crippen LogP contribution in [0.1, 0.15) is 31.9 Å². The molecule has 3 rings (SSSR count). The predicted molar refractivity (Wildman–Crippen MR) is 100 cm³/mol. The normalized spacial score (nSPS) is 12.3. The Morgan fingerprint density at radius 3 is 2.56 bits per heavy atom. The lowest BCUT2D eigenvalue weighted by Gasteiger charge is -2.20. The van der Waals surface area contributed by atoms with E-state index in [9.17, 15) is 4.79 Å². The summed E-state index contributed by atoms with van der Waals surface area (Å²) in [5.74, 6) is -0.0901. The van der Waals surface area contributed by atoms with Gasteiger partial charge in [-0.3, -0.25) is 9.78 Å². The molecule has 0 aliphatic carbocycles. The summed E-state index contributed by atoms with van der Waals surface area (Å²) in [5, 5.41) is 3.98. The number of nitrogens with zero attached hydrogens (tertiary/aromatic N) is 1. The molecule has 2 aromatic carbocycles. The van der Waals surface area contributed by atoms with Gasteiger partial charge in [-0.25, -0.2) is 0 Å². The molecule has 0 spiro atoms. The van der Waals surface area contributed by atoms with E-state index < -0.39 is 0 Å². The number of aromatic nitrogens is 1. The molecular weight excluding hydrogens is 312 g/mol. The molecule has 4 nitrogen and oxygen atoms in total. The number of ether oxygens (including phenoxy) is 1. The molecule has 0 aliphatic rings. The first-order valence-corrected chi connectivity index (χ1v) is 8.47. The highest BCUT2D eigenvalue weighted by Gasteiger charge is 2.18. The van der Waals surface area contributed by atoms with Gasteiger partial charge in [-0.05, 0) is 31.5 Å². The van der Waals surface area contributed by atoms with Gasteiger partial charge in [0.05, 0.1) is 29.8 Å². The minimum absolute atomic E-state index is 0.0391. The van der Waals surface area contributed by atoms with Gasteiger partial charge in [0.2, 0.25) is 5.91 Å². The Bertz CT molecular complexity index is 841. The number of pyridine rings is 1. The number of carbonyl (C=O) groups is 1. The van der Waals surface area contributed by atoms with E-state index >= 15 is 0 Å². The SMILES string of the molecule is CC(C)OC(CC(=O)Nc1cccc2cccnc12)c1ccccc1. The van der Waals surface area contributed by atoms with E-state index in [1.807, 2.05) is 74.5 Å². The third-order valence-electron chi connectivity index (χ3n) is 3.89. The monoisotopic (exact) mass is 334 g/mol. The fourth-order valence-corrected chi connectivity index (χ4v) is 2.82. The molecule has 1 aromatic heterocycles. The van der Waals surface area contributed by atoms with Gasteiger partial charge in [0.25, 0.3) is 0 Å². The molecule has 4 heteroatoms. The first-order valence-electron chi connectivity index (χ1n) is 8.47. The summed E-state index contributed by atoms with van der Waals surface area (Å²) in [4.78, 5) is 17.0. The standard InChI is InChI=1S/C21H22N2O2/c1-15(2)25-19(16-8-4-3-5-9-16)14-20(24)23-18-12-6-10-17-11-7-13-22-21(17)18/h3-13,15,19H,14H2,1-2H3,(H,23,24). The molecule has 1 heterocycles. The van der Waals surface area contributed by atoms with Crippen LogP contribution in [0, 0.1) is 0 Å². The van der Waals surface area contributed by atoms with Crippen LogP contribution in [0.2, 0.25) is 0 Å². The molecule has 0 bridgehead atoms. The van der Waals surface area contributed by atoms with Crippen molar-refractivity contribution in [2.24, 2.45) is 0 Å². The molecule has 25 heavy (non-hydrogen) atoms. The van der Waals surface area contributed by atoms with Crippen LogP contribution in [0.4, 0.5) is 5.69 Å². The van der Waals surface area contributed by atoms with Crippen LogP contribution in [-0.2, 0) is 9.53 Å². The van der Waals surface area contributed by atoms with E-state index in [0.29, 0.717) is 0 Å². The number of fused-ring (bicyclic) bond motifs is 1. The van der Waals surface area contributed by atoms with Crippen molar-refractivity contribution in [2.75, 3.05) is 5.32 Å². The van der Waals surface area contributed by atoms with Crippen LogP contribution in [0.25, 0.3) is 10.9 Å². The zero-order valence-electron chi connectivity index (χ0n) is 14.5. The smallest absolute Gasteiger partial charge is 0.227 e. The van der Waals surface area contributed by atoms with Crippen molar-refractivity contribution in [3.8, 4) is 0 Å². The quantitative estimate of drug-likeness (QED) is 0.709. The first kappa shape index (κ1) is 17.1. The average Bonchev–Trinajstić information content (AvgIpc) is 2.62.